The maximum atomic E-state index is 13.0. The van der Waals surface area contributed by atoms with Gasteiger partial charge in [-0.25, -0.2) is 4.98 Å². The van der Waals surface area contributed by atoms with Crippen LogP contribution in [0.15, 0.2) is 29.6 Å². The molecule has 1 aromatic carbocycles. The monoisotopic (exact) mass is 394 g/mol. The smallest absolute Gasteiger partial charge is 0.270 e. The molecule has 0 aliphatic heterocycles. The summed E-state index contributed by atoms with van der Waals surface area (Å²) in [6.45, 7) is 3.66. The van der Waals surface area contributed by atoms with Crippen LogP contribution >= 0.6 is 34.3 Å². The summed E-state index contributed by atoms with van der Waals surface area (Å²) in [4.78, 5) is 21.7. The summed E-state index contributed by atoms with van der Waals surface area (Å²) in [6, 6.07) is 7.60. The Hall–Kier alpha value is -1.47. The second kappa shape index (κ2) is 7.83. The van der Waals surface area contributed by atoms with Crippen molar-refractivity contribution in [3.63, 3.8) is 0 Å². The number of fused-ring (bicyclic) bond motifs is 1. The largest absolute Gasteiger partial charge is 0.340 e. The highest BCUT2D eigenvalue weighted by atomic mass is 35.5. The van der Waals surface area contributed by atoms with Gasteiger partial charge < -0.3 is 4.90 Å². The molecule has 132 valence electrons. The molecule has 2 heterocycles. The van der Waals surface area contributed by atoms with Gasteiger partial charge in [0.25, 0.3) is 5.91 Å². The number of thiazole rings is 1. The maximum absolute atomic E-state index is 13.0. The molecule has 4 nitrogen and oxygen atoms in total. The summed E-state index contributed by atoms with van der Waals surface area (Å²) >= 11 is 9.16. The minimum atomic E-state index is 0.0200. The van der Waals surface area contributed by atoms with Crippen LogP contribution in [0.2, 0.25) is 5.02 Å². The average Bonchev–Trinajstić information content (AvgIpc) is 3.20. The quantitative estimate of drug-likeness (QED) is 0.694. The third-order valence-electron chi connectivity index (χ3n) is 3.91. The summed E-state index contributed by atoms with van der Waals surface area (Å²) < 4.78 is 1.02. The Balaban J connectivity index is 1.95. The van der Waals surface area contributed by atoms with Crippen molar-refractivity contribution in [3.05, 3.63) is 45.1 Å². The Bertz CT molecular complexity index is 874. The molecule has 2 aromatic heterocycles. The van der Waals surface area contributed by atoms with E-state index in [1.165, 1.54) is 27.6 Å². The molecular weight excluding hydrogens is 374 g/mol. The fourth-order valence-corrected chi connectivity index (χ4v) is 4.78. The number of nitrogens with zero attached hydrogens (tertiary/aromatic N) is 2. The number of hydrogen-bond donors (Lipinski definition) is 1. The van der Waals surface area contributed by atoms with Crippen LogP contribution in [-0.2, 0) is 0 Å². The summed E-state index contributed by atoms with van der Waals surface area (Å²) in [5.41, 5.74) is 1.96. The van der Waals surface area contributed by atoms with Crippen molar-refractivity contribution in [1.82, 2.24) is 4.98 Å². The standard InChI is InChI=1S/C18H20ClN3OS2/c1-12-10-13(19)11-15-16(12)20-18(25-15)22(8-5-7-21(2)3)17(23)14-6-4-9-24-14/h4,6,9-11H,5,7-8H2,1-3H3/p+1. The lowest BCUT2D eigenvalue weighted by Crippen LogP contribution is -3.05. The number of hydrogen-bond acceptors (Lipinski definition) is 4. The van der Waals surface area contributed by atoms with E-state index in [0.29, 0.717) is 11.6 Å². The fourth-order valence-electron chi connectivity index (χ4n) is 2.67. The zero-order chi connectivity index (χ0) is 18.0. The first-order chi connectivity index (χ1) is 12.0. The number of carbonyl (C=O) groups excluding carboxylic acids is 1. The van der Waals surface area contributed by atoms with Crippen molar-refractivity contribution < 1.29 is 9.69 Å². The van der Waals surface area contributed by atoms with Gasteiger partial charge >= 0.3 is 0 Å². The van der Waals surface area contributed by atoms with Crippen LogP contribution in [0.3, 0.4) is 0 Å². The molecule has 0 atom stereocenters. The maximum Gasteiger partial charge on any atom is 0.270 e. The van der Waals surface area contributed by atoms with Crippen LogP contribution in [0, 0.1) is 6.92 Å². The number of rotatable bonds is 6. The first kappa shape index (κ1) is 18.3. The molecule has 3 aromatic rings. The van der Waals surface area contributed by atoms with E-state index in [-0.39, 0.29) is 5.91 Å². The number of benzene rings is 1. The third-order valence-corrected chi connectivity index (χ3v) is 6.01. The van der Waals surface area contributed by atoms with Crippen LogP contribution in [0.1, 0.15) is 21.7 Å². The number of halogens is 1. The lowest BCUT2D eigenvalue weighted by Gasteiger charge is -2.19. The molecule has 0 aliphatic rings. The van der Waals surface area contributed by atoms with E-state index in [9.17, 15) is 4.79 Å². The van der Waals surface area contributed by atoms with Gasteiger partial charge in [-0.05, 0) is 36.1 Å². The summed E-state index contributed by atoms with van der Waals surface area (Å²) in [5.74, 6) is 0.0200. The van der Waals surface area contributed by atoms with Crippen molar-refractivity contribution >= 4 is 55.5 Å². The van der Waals surface area contributed by atoms with Crippen LogP contribution in [0.5, 0.6) is 0 Å². The van der Waals surface area contributed by atoms with E-state index in [1.54, 1.807) is 0 Å². The van der Waals surface area contributed by atoms with Crippen LogP contribution in [0.25, 0.3) is 10.2 Å². The van der Waals surface area contributed by atoms with E-state index < -0.39 is 0 Å². The molecule has 0 spiro atoms. The van der Waals surface area contributed by atoms with Gasteiger partial charge in [0.15, 0.2) is 5.13 Å². The molecule has 1 amide bonds. The van der Waals surface area contributed by atoms with E-state index in [0.717, 1.165) is 38.8 Å². The fraction of sp³-hybridized carbons (Fsp3) is 0.333. The van der Waals surface area contributed by atoms with Gasteiger partial charge in [-0.15, -0.1) is 11.3 Å². The topological polar surface area (TPSA) is 37.6 Å². The Morgan fingerprint density at radius 3 is 2.84 bits per heavy atom. The van der Waals surface area contributed by atoms with Crippen LogP contribution in [-0.4, -0.2) is 38.1 Å². The van der Waals surface area contributed by atoms with Crippen LogP contribution in [0.4, 0.5) is 5.13 Å². The minimum Gasteiger partial charge on any atom is -0.340 e. The van der Waals surface area contributed by atoms with Crippen molar-refractivity contribution in [3.8, 4) is 0 Å². The van der Waals surface area contributed by atoms with Gasteiger partial charge in [-0.3, -0.25) is 9.69 Å². The average molecular weight is 395 g/mol. The number of nitrogens with one attached hydrogen (secondary N) is 1. The van der Waals surface area contributed by atoms with Gasteiger partial charge in [0.05, 0.1) is 35.7 Å². The van der Waals surface area contributed by atoms with Crippen molar-refractivity contribution in [2.45, 2.75) is 13.3 Å². The number of quaternary nitrogens is 1. The first-order valence-electron chi connectivity index (χ1n) is 8.17. The van der Waals surface area contributed by atoms with Gasteiger partial charge in [0.2, 0.25) is 0 Å². The molecule has 1 N–H and O–H groups in total. The Morgan fingerprint density at radius 1 is 1.36 bits per heavy atom. The number of thiophene rings is 1. The highest BCUT2D eigenvalue weighted by Crippen LogP contribution is 2.34. The molecule has 0 aliphatic carbocycles. The second-order valence-electron chi connectivity index (χ2n) is 6.31. The van der Waals surface area contributed by atoms with Crippen LogP contribution < -0.4 is 9.80 Å². The molecule has 25 heavy (non-hydrogen) atoms. The molecule has 0 saturated heterocycles. The molecule has 0 saturated carbocycles. The minimum absolute atomic E-state index is 0.0200. The summed E-state index contributed by atoms with van der Waals surface area (Å²) in [6.07, 6.45) is 0.926. The van der Waals surface area contributed by atoms with Crippen molar-refractivity contribution in [1.29, 1.82) is 0 Å². The molecule has 0 unspecified atom stereocenters. The predicted octanol–water partition coefficient (Wildman–Crippen LogP) is 3.50. The highest BCUT2D eigenvalue weighted by molar-refractivity contribution is 7.22. The summed E-state index contributed by atoms with van der Waals surface area (Å²) in [7, 11) is 4.24. The number of amides is 1. The van der Waals surface area contributed by atoms with E-state index >= 15 is 0 Å². The zero-order valence-electron chi connectivity index (χ0n) is 14.5. The van der Waals surface area contributed by atoms with E-state index in [1.807, 2.05) is 41.5 Å². The normalized spacial score (nSPS) is 11.4. The molecule has 0 fully saturated rings. The molecule has 7 heteroatoms. The van der Waals surface area contributed by atoms with Gasteiger partial charge in [-0.1, -0.05) is 29.0 Å². The van der Waals surface area contributed by atoms with E-state index in [4.69, 9.17) is 16.6 Å². The SMILES string of the molecule is Cc1cc(Cl)cc2sc(N(CCC[NH+](C)C)C(=O)c3cccs3)nc12. The molecule has 0 radical (unpaired) electrons. The lowest BCUT2D eigenvalue weighted by molar-refractivity contribution is -0.858. The predicted molar refractivity (Wildman–Crippen MR) is 108 cm³/mol. The number of anilines is 1. The highest BCUT2D eigenvalue weighted by Gasteiger charge is 2.22. The first-order valence-corrected chi connectivity index (χ1v) is 10.2. The number of carbonyl (C=O) groups is 1. The van der Waals surface area contributed by atoms with Gasteiger partial charge in [-0.2, -0.15) is 0 Å². The Kier molecular flexibility index (Phi) is 5.74. The Labute approximate surface area is 160 Å². The van der Waals surface area contributed by atoms with Crippen molar-refractivity contribution in [2.75, 3.05) is 32.1 Å². The van der Waals surface area contributed by atoms with Gasteiger partial charge in [0.1, 0.15) is 0 Å². The number of aromatic nitrogens is 1. The molecule has 3 rings (SSSR count). The Morgan fingerprint density at radius 2 is 2.16 bits per heavy atom. The zero-order valence-corrected chi connectivity index (χ0v) is 16.9. The molecular formula is C18H21ClN3OS2+. The van der Waals surface area contributed by atoms with Gasteiger partial charge in [0, 0.05) is 18.0 Å². The number of aryl methyl sites for hydroxylation is 1. The summed E-state index contributed by atoms with van der Waals surface area (Å²) in [5, 5.41) is 3.37. The third kappa shape index (κ3) is 4.20. The lowest BCUT2D eigenvalue weighted by atomic mass is 10.2. The van der Waals surface area contributed by atoms with Crippen molar-refractivity contribution in [2.24, 2.45) is 0 Å². The molecule has 0 bridgehead atoms. The van der Waals surface area contributed by atoms with E-state index in [2.05, 4.69) is 14.1 Å². The second-order valence-corrected chi connectivity index (χ2v) is 8.70.